The predicted octanol–water partition coefficient (Wildman–Crippen LogP) is 2.92. The number of hydrogen-bond acceptors (Lipinski definition) is 2. The van der Waals surface area contributed by atoms with E-state index in [1.165, 1.54) is 12.8 Å². The quantitative estimate of drug-likeness (QED) is 0.804. The van der Waals surface area contributed by atoms with Crippen molar-refractivity contribution in [2.45, 2.75) is 38.6 Å². The van der Waals surface area contributed by atoms with Gasteiger partial charge in [0.15, 0.2) is 0 Å². The van der Waals surface area contributed by atoms with Gasteiger partial charge >= 0.3 is 6.03 Å². The Kier molecular flexibility index (Phi) is 4.66. The topological polar surface area (TPSA) is 58.4 Å². The highest BCUT2D eigenvalue weighted by Crippen LogP contribution is 2.20. The summed E-state index contributed by atoms with van der Waals surface area (Å²) in [5.41, 5.74) is 7.64. The number of carbonyl (C=O) groups excluding carboxylic acids is 1. The van der Waals surface area contributed by atoms with Crippen LogP contribution in [0.5, 0.6) is 0 Å². The van der Waals surface area contributed by atoms with E-state index in [0.717, 1.165) is 37.2 Å². The van der Waals surface area contributed by atoms with Crippen LogP contribution in [0, 0.1) is 0 Å². The minimum atomic E-state index is -0.0584. The highest BCUT2D eigenvalue weighted by atomic mass is 16.2. The Bertz CT molecular complexity index is 425. The standard InChI is InChI=1S/C15H23N3O/c1-12(13-8-4-5-9-14(13)16)17-15(19)18-10-6-2-3-7-11-18/h4-5,8-9,12H,2-3,6-7,10-11,16H2,1H3,(H,17,19). The number of likely N-dealkylation sites (tertiary alicyclic amines) is 1. The van der Waals surface area contributed by atoms with E-state index in [4.69, 9.17) is 5.73 Å². The molecule has 2 amide bonds. The summed E-state index contributed by atoms with van der Waals surface area (Å²) in [6, 6.07) is 7.64. The molecule has 4 heteroatoms. The molecule has 104 valence electrons. The van der Waals surface area contributed by atoms with Gasteiger partial charge in [0.2, 0.25) is 0 Å². The second kappa shape index (κ2) is 6.45. The molecule has 1 aliphatic heterocycles. The molecule has 1 atom stereocenters. The number of nitrogens with two attached hydrogens (primary N) is 1. The van der Waals surface area contributed by atoms with Crippen LogP contribution < -0.4 is 11.1 Å². The van der Waals surface area contributed by atoms with E-state index in [9.17, 15) is 4.79 Å². The molecule has 0 bridgehead atoms. The molecule has 4 nitrogen and oxygen atoms in total. The van der Waals surface area contributed by atoms with Gasteiger partial charge in [-0.15, -0.1) is 0 Å². The lowest BCUT2D eigenvalue weighted by molar-refractivity contribution is 0.196. The van der Waals surface area contributed by atoms with Gasteiger partial charge in [0, 0.05) is 18.8 Å². The van der Waals surface area contributed by atoms with Crippen molar-refractivity contribution in [3.05, 3.63) is 29.8 Å². The Labute approximate surface area is 115 Å². The first-order chi connectivity index (χ1) is 9.18. The van der Waals surface area contributed by atoms with Crippen LogP contribution in [0.4, 0.5) is 10.5 Å². The average Bonchev–Trinajstić information content (AvgIpc) is 2.68. The molecule has 0 aliphatic carbocycles. The fourth-order valence-electron chi connectivity index (χ4n) is 2.53. The number of anilines is 1. The van der Waals surface area contributed by atoms with E-state index in [0.29, 0.717) is 0 Å². The lowest BCUT2D eigenvalue weighted by atomic mass is 10.1. The number of nitrogens with zero attached hydrogens (tertiary/aromatic N) is 1. The zero-order chi connectivity index (χ0) is 13.7. The summed E-state index contributed by atoms with van der Waals surface area (Å²) in [4.78, 5) is 14.1. The molecule has 19 heavy (non-hydrogen) atoms. The van der Waals surface area contributed by atoms with Crippen molar-refractivity contribution in [2.24, 2.45) is 0 Å². The van der Waals surface area contributed by atoms with Gasteiger partial charge in [-0.05, 0) is 31.4 Å². The molecule has 1 aliphatic rings. The Morgan fingerprint density at radius 1 is 1.21 bits per heavy atom. The first-order valence-electron chi connectivity index (χ1n) is 7.08. The number of rotatable bonds is 2. The van der Waals surface area contributed by atoms with E-state index in [-0.39, 0.29) is 12.1 Å². The molecule has 1 fully saturated rings. The van der Waals surface area contributed by atoms with E-state index in [1.807, 2.05) is 36.1 Å². The van der Waals surface area contributed by atoms with E-state index in [1.54, 1.807) is 0 Å². The van der Waals surface area contributed by atoms with Gasteiger partial charge in [-0.2, -0.15) is 0 Å². The minimum Gasteiger partial charge on any atom is -0.398 e. The van der Waals surface area contributed by atoms with Gasteiger partial charge in [-0.1, -0.05) is 31.0 Å². The number of hydrogen-bond donors (Lipinski definition) is 2. The maximum Gasteiger partial charge on any atom is 0.317 e. The van der Waals surface area contributed by atoms with Gasteiger partial charge in [0.05, 0.1) is 6.04 Å². The molecule has 0 aromatic heterocycles. The van der Waals surface area contributed by atoms with Crippen LogP contribution in [0.2, 0.25) is 0 Å². The summed E-state index contributed by atoms with van der Waals surface area (Å²) in [5.74, 6) is 0. The second-order valence-corrected chi connectivity index (χ2v) is 5.20. The molecule has 2 rings (SSSR count). The smallest absolute Gasteiger partial charge is 0.317 e. The van der Waals surface area contributed by atoms with Crippen molar-refractivity contribution in [3.8, 4) is 0 Å². The second-order valence-electron chi connectivity index (χ2n) is 5.20. The Morgan fingerprint density at radius 2 is 1.84 bits per heavy atom. The number of nitrogen functional groups attached to an aromatic ring is 1. The SMILES string of the molecule is CC(NC(=O)N1CCCCCC1)c1ccccc1N. The number of urea groups is 1. The highest BCUT2D eigenvalue weighted by molar-refractivity contribution is 5.75. The maximum absolute atomic E-state index is 12.2. The van der Waals surface area contributed by atoms with Crippen LogP contribution in [0.1, 0.15) is 44.2 Å². The molecule has 1 saturated heterocycles. The normalized spacial score (nSPS) is 17.6. The monoisotopic (exact) mass is 261 g/mol. The van der Waals surface area contributed by atoms with Gasteiger partial charge in [-0.3, -0.25) is 0 Å². The summed E-state index contributed by atoms with van der Waals surface area (Å²) in [5, 5.41) is 3.04. The molecule has 0 radical (unpaired) electrons. The van der Waals surface area contributed by atoms with Crippen molar-refractivity contribution in [1.82, 2.24) is 10.2 Å². The lowest BCUT2D eigenvalue weighted by Crippen LogP contribution is -2.41. The first-order valence-corrected chi connectivity index (χ1v) is 7.08. The molecule has 1 unspecified atom stereocenters. The summed E-state index contributed by atoms with van der Waals surface area (Å²) in [7, 11) is 0. The summed E-state index contributed by atoms with van der Waals surface area (Å²) in [6.07, 6.45) is 4.67. The van der Waals surface area contributed by atoms with Gasteiger partial charge < -0.3 is 16.0 Å². The molecule has 1 aromatic carbocycles. The third-order valence-electron chi connectivity index (χ3n) is 3.70. The van der Waals surface area contributed by atoms with Crippen LogP contribution in [-0.4, -0.2) is 24.0 Å². The van der Waals surface area contributed by atoms with Crippen LogP contribution >= 0.6 is 0 Å². The largest absolute Gasteiger partial charge is 0.398 e. The Balaban J connectivity index is 1.96. The van der Waals surface area contributed by atoms with Gasteiger partial charge in [0.25, 0.3) is 0 Å². The number of para-hydroxylation sites is 1. The van der Waals surface area contributed by atoms with E-state index < -0.39 is 0 Å². The van der Waals surface area contributed by atoms with Crippen LogP contribution in [-0.2, 0) is 0 Å². The number of benzene rings is 1. The maximum atomic E-state index is 12.2. The lowest BCUT2D eigenvalue weighted by Gasteiger charge is -2.24. The van der Waals surface area contributed by atoms with Crippen molar-refractivity contribution < 1.29 is 4.79 Å². The molecular weight excluding hydrogens is 238 g/mol. The Hall–Kier alpha value is -1.71. The molecule has 3 N–H and O–H groups in total. The van der Waals surface area contributed by atoms with E-state index >= 15 is 0 Å². The van der Waals surface area contributed by atoms with Gasteiger partial charge in [0.1, 0.15) is 0 Å². The molecular formula is C15H23N3O. The summed E-state index contributed by atoms with van der Waals surface area (Å²) >= 11 is 0. The van der Waals surface area contributed by atoms with Crippen LogP contribution in [0.25, 0.3) is 0 Å². The van der Waals surface area contributed by atoms with Crippen molar-refractivity contribution in [1.29, 1.82) is 0 Å². The van der Waals surface area contributed by atoms with Crippen LogP contribution in [0.3, 0.4) is 0 Å². The first kappa shape index (κ1) is 13.7. The van der Waals surface area contributed by atoms with Crippen molar-refractivity contribution in [3.63, 3.8) is 0 Å². The fourth-order valence-corrected chi connectivity index (χ4v) is 2.53. The third-order valence-corrected chi connectivity index (χ3v) is 3.70. The molecule has 1 heterocycles. The minimum absolute atomic E-state index is 0.0256. The van der Waals surface area contributed by atoms with Gasteiger partial charge in [-0.25, -0.2) is 4.79 Å². The molecule has 0 spiro atoms. The van der Waals surface area contributed by atoms with Crippen molar-refractivity contribution >= 4 is 11.7 Å². The van der Waals surface area contributed by atoms with Crippen molar-refractivity contribution in [2.75, 3.05) is 18.8 Å². The zero-order valence-corrected chi connectivity index (χ0v) is 11.6. The number of nitrogens with one attached hydrogen (secondary N) is 1. The van der Waals surface area contributed by atoms with Crippen LogP contribution in [0.15, 0.2) is 24.3 Å². The Morgan fingerprint density at radius 3 is 2.47 bits per heavy atom. The number of amides is 2. The average molecular weight is 261 g/mol. The summed E-state index contributed by atoms with van der Waals surface area (Å²) in [6.45, 7) is 3.70. The predicted molar refractivity (Wildman–Crippen MR) is 77.8 cm³/mol. The molecule has 1 aromatic rings. The highest BCUT2D eigenvalue weighted by Gasteiger charge is 2.18. The number of carbonyl (C=O) groups is 1. The molecule has 0 saturated carbocycles. The fraction of sp³-hybridized carbons (Fsp3) is 0.533. The van der Waals surface area contributed by atoms with E-state index in [2.05, 4.69) is 5.32 Å². The zero-order valence-electron chi connectivity index (χ0n) is 11.6. The third kappa shape index (κ3) is 3.63. The summed E-state index contributed by atoms with van der Waals surface area (Å²) < 4.78 is 0.